The molecule has 2 aromatic rings. The first-order chi connectivity index (χ1) is 7.18. The van der Waals surface area contributed by atoms with Gasteiger partial charge in [0.15, 0.2) is 5.17 Å². The first-order valence-corrected chi connectivity index (χ1v) is 4.99. The molecule has 2 rings (SSSR count). The van der Waals surface area contributed by atoms with E-state index < -0.39 is 0 Å². The van der Waals surface area contributed by atoms with E-state index in [-0.39, 0.29) is 29.1 Å². The molecule has 0 radical (unpaired) electrons. The molecule has 0 aliphatic rings. The van der Waals surface area contributed by atoms with Crippen LogP contribution in [0.1, 0.15) is 0 Å². The van der Waals surface area contributed by atoms with Gasteiger partial charge in [0.2, 0.25) is 0 Å². The molecule has 1 aromatic heterocycles. The number of fused-ring (bicyclic) bond motifs is 1. The maximum Gasteiger partial charge on any atom is 0.158 e. The summed E-state index contributed by atoms with van der Waals surface area (Å²) in [5.41, 5.74) is 0. The molecule has 0 amide bonds. The summed E-state index contributed by atoms with van der Waals surface area (Å²) in [6.45, 7) is 0. The van der Waals surface area contributed by atoms with Gasteiger partial charge in [-0.1, -0.05) is 24.3 Å². The molecular formula is C11H12IN3S. The number of hydrogen-bond acceptors (Lipinski definition) is 2. The Labute approximate surface area is 117 Å². The van der Waals surface area contributed by atoms with E-state index in [1.165, 1.54) is 0 Å². The number of amidine groups is 1. The largest absolute Gasteiger partial charge is 0.309 e. The second-order valence-electron chi connectivity index (χ2n) is 3.27. The topological polar surface area (TPSA) is 40.0 Å². The second kappa shape index (κ2) is 5.49. The van der Waals surface area contributed by atoms with Crippen LogP contribution < -0.4 is 4.90 Å². The van der Waals surface area contributed by atoms with Gasteiger partial charge in [0.25, 0.3) is 0 Å². The molecule has 0 spiro atoms. The molecule has 84 valence electrons. The van der Waals surface area contributed by atoms with Crippen molar-refractivity contribution >= 4 is 58.4 Å². The summed E-state index contributed by atoms with van der Waals surface area (Å²) in [4.78, 5) is 5.88. The van der Waals surface area contributed by atoms with E-state index >= 15 is 0 Å². The van der Waals surface area contributed by atoms with Crippen molar-refractivity contribution in [2.75, 3.05) is 11.9 Å². The number of aromatic nitrogens is 1. The summed E-state index contributed by atoms with van der Waals surface area (Å²) in [7, 11) is 1.77. The van der Waals surface area contributed by atoms with Crippen LogP contribution in [0.4, 0.5) is 5.82 Å². The number of nitrogens with zero attached hydrogens (tertiary/aromatic N) is 2. The molecule has 5 heteroatoms. The van der Waals surface area contributed by atoms with Crippen molar-refractivity contribution in [3.63, 3.8) is 0 Å². The number of halogens is 1. The molecule has 1 N–H and O–H groups in total. The van der Waals surface area contributed by atoms with E-state index in [0.717, 1.165) is 16.6 Å². The highest BCUT2D eigenvalue weighted by atomic mass is 127. The molecule has 1 aromatic carbocycles. The zero-order chi connectivity index (χ0) is 10.8. The molecule has 0 saturated carbocycles. The van der Waals surface area contributed by atoms with Crippen LogP contribution in [-0.2, 0) is 0 Å². The fraction of sp³-hybridized carbons (Fsp3) is 0.0909. The molecule has 16 heavy (non-hydrogen) atoms. The lowest BCUT2D eigenvalue weighted by atomic mass is 10.2. The van der Waals surface area contributed by atoms with Gasteiger partial charge in [0.05, 0.1) is 0 Å². The zero-order valence-corrected chi connectivity index (χ0v) is 11.9. The number of benzene rings is 1. The van der Waals surface area contributed by atoms with Crippen LogP contribution in [0.25, 0.3) is 10.8 Å². The molecule has 0 bridgehead atoms. The quantitative estimate of drug-likeness (QED) is 0.361. The Hall–Kier alpha value is -0.820. The van der Waals surface area contributed by atoms with Crippen molar-refractivity contribution in [2.24, 2.45) is 0 Å². The molecule has 0 fully saturated rings. The van der Waals surface area contributed by atoms with Gasteiger partial charge in [-0.25, -0.2) is 4.98 Å². The minimum absolute atomic E-state index is 0. The Bertz CT molecular complexity index is 515. The van der Waals surface area contributed by atoms with E-state index in [9.17, 15) is 0 Å². The van der Waals surface area contributed by atoms with E-state index in [2.05, 4.69) is 17.6 Å². The average Bonchev–Trinajstić information content (AvgIpc) is 2.27. The van der Waals surface area contributed by atoms with Crippen molar-refractivity contribution in [1.29, 1.82) is 5.41 Å². The third kappa shape index (κ3) is 2.65. The van der Waals surface area contributed by atoms with E-state index in [1.54, 1.807) is 18.1 Å². The summed E-state index contributed by atoms with van der Waals surface area (Å²) >= 11 is 3.97. The summed E-state index contributed by atoms with van der Waals surface area (Å²) in [6.07, 6.45) is 1.80. The average molecular weight is 345 g/mol. The van der Waals surface area contributed by atoms with Crippen LogP contribution in [0, 0.1) is 5.41 Å². The number of anilines is 1. The summed E-state index contributed by atoms with van der Waals surface area (Å²) < 4.78 is 0. The lowest BCUT2D eigenvalue weighted by Gasteiger charge is -2.15. The fourth-order valence-corrected chi connectivity index (χ4v) is 1.47. The fourth-order valence-electron chi connectivity index (χ4n) is 1.36. The monoisotopic (exact) mass is 345 g/mol. The number of pyridine rings is 1. The Morgan fingerprint density at radius 3 is 2.56 bits per heavy atom. The Kier molecular flexibility index (Phi) is 4.55. The molecular weight excluding hydrogens is 333 g/mol. The van der Waals surface area contributed by atoms with Gasteiger partial charge in [-0.15, -0.1) is 36.6 Å². The highest BCUT2D eigenvalue weighted by Gasteiger charge is 2.05. The van der Waals surface area contributed by atoms with Crippen LogP contribution in [0.2, 0.25) is 0 Å². The van der Waals surface area contributed by atoms with Crippen LogP contribution in [-0.4, -0.2) is 17.2 Å². The Morgan fingerprint density at radius 2 is 1.94 bits per heavy atom. The van der Waals surface area contributed by atoms with Crippen molar-refractivity contribution in [1.82, 2.24) is 4.98 Å². The predicted molar refractivity (Wildman–Crippen MR) is 82.3 cm³/mol. The first kappa shape index (κ1) is 13.2. The molecule has 0 unspecified atom stereocenters. The maximum atomic E-state index is 7.40. The number of hydrogen-bond donors (Lipinski definition) is 2. The van der Waals surface area contributed by atoms with Crippen molar-refractivity contribution < 1.29 is 0 Å². The van der Waals surface area contributed by atoms with Crippen LogP contribution in [0.5, 0.6) is 0 Å². The minimum atomic E-state index is 0. The van der Waals surface area contributed by atoms with Gasteiger partial charge in [-0.05, 0) is 11.5 Å². The van der Waals surface area contributed by atoms with Crippen molar-refractivity contribution in [3.8, 4) is 0 Å². The molecule has 1 heterocycles. The maximum absolute atomic E-state index is 7.40. The van der Waals surface area contributed by atoms with Gasteiger partial charge >= 0.3 is 0 Å². The third-order valence-electron chi connectivity index (χ3n) is 2.28. The van der Waals surface area contributed by atoms with Gasteiger partial charge < -0.3 is 4.90 Å². The summed E-state index contributed by atoms with van der Waals surface area (Å²) in [6, 6.07) is 9.95. The van der Waals surface area contributed by atoms with Crippen LogP contribution in [0.3, 0.4) is 0 Å². The van der Waals surface area contributed by atoms with Crippen molar-refractivity contribution in [3.05, 3.63) is 36.5 Å². The number of nitrogens with one attached hydrogen (secondary N) is 1. The number of rotatable bonds is 1. The smallest absolute Gasteiger partial charge is 0.158 e. The Morgan fingerprint density at radius 1 is 1.31 bits per heavy atom. The van der Waals surface area contributed by atoms with Crippen molar-refractivity contribution in [2.45, 2.75) is 0 Å². The van der Waals surface area contributed by atoms with Gasteiger partial charge in [0, 0.05) is 18.6 Å². The van der Waals surface area contributed by atoms with Gasteiger partial charge in [-0.2, -0.15) is 0 Å². The lowest BCUT2D eigenvalue weighted by Crippen LogP contribution is -2.21. The first-order valence-electron chi connectivity index (χ1n) is 4.54. The Balaban J connectivity index is 0.00000128. The summed E-state index contributed by atoms with van der Waals surface area (Å²) in [5, 5.41) is 9.79. The standard InChI is InChI=1S/C11H11N3S.HI/c1-14(11(12)15)10-6-8-4-2-3-5-9(8)7-13-10;/h2-7H,1H3,(H2,12,15);1H. The van der Waals surface area contributed by atoms with E-state index in [1.807, 2.05) is 30.3 Å². The predicted octanol–water partition coefficient (Wildman–Crippen LogP) is 3.15. The molecule has 0 aliphatic carbocycles. The molecule has 0 aliphatic heterocycles. The SMILES string of the molecule is CN(C(=N)S)c1cc2ccccc2cn1.I. The third-order valence-corrected chi connectivity index (χ3v) is 2.58. The normalized spacial score (nSPS) is 9.62. The lowest BCUT2D eigenvalue weighted by molar-refractivity contribution is 1.18. The van der Waals surface area contributed by atoms with E-state index in [0.29, 0.717) is 0 Å². The van der Waals surface area contributed by atoms with Gasteiger partial charge in [0.1, 0.15) is 5.82 Å². The molecule has 3 nitrogen and oxygen atoms in total. The van der Waals surface area contributed by atoms with E-state index in [4.69, 9.17) is 5.41 Å². The second-order valence-corrected chi connectivity index (χ2v) is 3.70. The molecule has 0 atom stereocenters. The van der Waals surface area contributed by atoms with Gasteiger partial charge in [-0.3, -0.25) is 5.41 Å². The molecule has 0 saturated heterocycles. The van der Waals surface area contributed by atoms with Crippen LogP contribution in [0.15, 0.2) is 36.5 Å². The number of thiol groups is 1. The van der Waals surface area contributed by atoms with Crippen LogP contribution >= 0.6 is 36.6 Å². The highest BCUT2D eigenvalue weighted by molar-refractivity contribution is 14.0. The minimum Gasteiger partial charge on any atom is -0.309 e. The summed E-state index contributed by atoms with van der Waals surface area (Å²) in [5.74, 6) is 0.730. The highest BCUT2D eigenvalue weighted by Crippen LogP contribution is 2.18. The zero-order valence-electron chi connectivity index (χ0n) is 8.71.